The van der Waals surface area contributed by atoms with E-state index in [2.05, 4.69) is 13.8 Å². The van der Waals surface area contributed by atoms with E-state index in [1.165, 1.54) is 18.2 Å². The molecule has 0 N–H and O–H groups in total. The minimum absolute atomic E-state index is 0.00958. The highest BCUT2D eigenvalue weighted by atomic mass is 32.2. The lowest BCUT2D eigenvalue weighted by Crippen LogP contribution is -2.12. The average molecular weight is 304 g/mol. The van der Waals surface area contributed by atoms with Crippen molar-refractivity contribution in [3.63, 3.8) is 0 Å². The maximum Gasteiger partial charge on any atom is 0.178 e. The number of benzene rings is 2. The van der Waals surface area contributed by atoms with E-state index >= 15 is 0 Å². The van der Waals surface area contributed by atoms with E-state index in [4.69, 9.17) is 0 Å². The lowest BCUT2D eigenvalue weighted by molar-refractivity contribution is 0.101. The summed E-state index contributed by atoms with van der Waals surface area (Å²) in [5.74, 6) is -0.830. The summed E-state index contributed by atoms with van der Waals surface area (Å²) in [6.45, 7) is 4.15. The van der Waals surface area contributed by atoms with Gasteiger partial charge in [0.25, 0.3) is 0 Å². The third-order valence-electron chi connectivity index (χ3n) is 3.25. The van der Waals surface area contributed by atoms with E-state index in [-0.39, 0.29) is 11.3 Å². The molecule has 0 aliphatic carbocycles. The first-order chi connectivity index (χ1) is 9.99. The van der Waals surface area contributed by atoms with Crippen molar-refractivity contribution in [3.05, 3.63) is 65.5 Å². The molecule has 0 aromatic heterocycles. The zero-order valence-corrected chi connectivity index (χ0v) is 12.8. The average Bonchev–Trinajstić information content (AvgIpc) is 2.47. The van der Waals surface area contributed by atoms with Gasteiger partial charge in [-0.05, 0) is 35.7 Å². The van der Waals surface area contributed by atoms with Crippen LogP contribution in [0.3, 0.4) is 0 Å². The van der Waals surface area contributed by atoms with E-state index in [1.54, 1.807) is 18.2 Å². The fourth-order valence-electron chi connectivity index (χ4n) is 1.97. The zero-order valence-electron chi connectivity index (χ0n) is 12.0. The molecule has 0 bridgehead atoms. The molecule has 1 unspecified atom stereocenters. The van der Waals surface area contributed by atoms with Crippen molar-refractivity contribution in [2.75, 3.05) is 5.75 Å². The van der Waals surface area contributed by atoms with Crippen LogP contribution in [0, 0.1) is 5.82 Å². The van der Waals surface area contributed by atoms with E-state index in [0.29, 0.717) is 10.8 Å². The number of hydrogen-bond acceptors (Lipinski definition) is 2. The van der Waals surface area contributed by atoms with Crippen LogP contribution in [0.15, 0.2) is 53.4 Å². The summed E-state index contributed by atoms with van der Waals surface area (Å²) >= 11 is 0. The lowest BCUT2D eigenvalue weighted by Gasteiger charge is -2.07. The highest BCUT2D eigenvalue weighted by Crippen LogP contribution is 2.17. The fourth-order valence-corrected chi connectivity index (χ4v) is 2.97. The summed E-state index contributed by atoms with van der Waals surface area (Å²) in [6.07, 6.45) is 0. The molecule has 2 aromatic carbocycles. The normalized spacial score (nSPS) is 12.4. The largest absolute Gasteiger partial charge is 0.293 e. The maximum absolute atomic E-state index is 13.5. The van der Waals surface area contributed by atoms with Crippen LogP contribution in [0.4, 0.5) is 4.39 Å². The Morgan fingerprint density at radius 1 is 1.10 bits per heavy atom. The van der Waals surface area contributed by atoms with Crippen molar-refractivity contribution < 1.29 is 13.4 Å². The number of hydrogen-bond donors (Lipinski definition) is 0. The van der Waals surface area contributed by atoms with Crippen LogP contribution in [0.5, 0.6) is 0 Å². The molecule has 0 aliphatic heterocycles. The Labute approximate surface area is 126 Å². The summed E-state index contributed by atoms with van der Waals surface area (Å²) in [4.78, 5) is 12.6. The summed E-state index contributed by atoms with van der Waals surface area (Å²) in [6, 6.07) is 13.1. The Bertz CT molecular complexity index is 663. The third-order valence-corrected chi connectivity index (χ3v) is 4.57. The molecule has 21 heavy (non-hydrogen) atoms. The highest BCUT2D eigenvalue weighted by molar-refractivity contribution is 7.85. The fraction of sp³-hybridized carbons (Fsp3) is 0.235. The van der Waals surface area contributed by atoms with Gasteiger partial charge in [0.05, 0.1) is 22.1 Å². The van der Waals surface area contributed by atoms with Crippen LogP contribution < -0.4 is 0 Å². The second-order valence-electron chi connectivity index (χ2n) is 5.12. The second-order valence-corrected chi connectivity index (χ2v) is 6.57. The predicted molar refractivity (Wildman–Crippen MR) is 82.5 cm³/mol. The number of halogens is 1. The van der Waals surface area contributed by atoms with Crippen LogP contribution in [0.1, 0.15) is 35.7 Å². The van der Waals surface area contributed by atoms with Crippen molar-refractivity contribution in [2.45, 2.75) is 24.7 Å². The zero-order chi connectivity index (χ0) is 15.4. The standard InChI is InChI=1S/C17H17FO2S/c1-12(2)13-7-9-14(10-8-13)21(20)11-17(19)15-5-3-4-6-16(15)18/h3-10,12H,11H2,1-2H3. The first-order valence-corrected chi connectivity index (χ1v) is 8.07. The monoisotopic (exact) mass is 304 g/mol. The molecule has 0 amide bonds. The Kier molecular flexibility index (Phi) is 5.02. The maximum atomic E-state index is 13.5. The Balaban J connectivity index is 2.11. The molecule has 4 heteroatoms. The molecular formula is C17H17FO2S. The predicted octanol–water partition coefficient (Wildman–Crippen LogP) is 3.94. The highest BCUT2D eigenvalue weighted by Gasteiger charge is 2.15. The van der Waals surface area contributed by atoms with Crippen LogP contribution in [0.25, 0.3) is 0 Å². The topological polar surface area (TPSA) is 34.1 Å². The van der Waals surface area contributed by atoms with Gasteiger partial charge in [0, 0.05) is 4.90 Å². The van der Waals surface area contributed by atoms with E-state index in [0.717, 1.165) is 5.56 Å². The molecule has 0 saturated heterocycles. The molecular weight excluding hydrogens is 287 g/mol. The van der Waals surface area contributed by atoms with Crippen LogP contribution >= 0.6 is 0 Å². The van der Waals surface area contributed by atoms with E-state index in [1.807, 2.05) is 12.1 Å². The van der Waals surface area contributed by atoms with Crippen molar-refractivity contribution in [3.8, 4) is 0 Å². The molecule has 0 radical (unpaired) electrons. The van der Waals surface area contributed by atoms with Gasteiger partial charge >= 0.3 is 0 Å². The third kappa shape index (κ3) is 3.85. The van der Waals surface area contributed by atoms with Gasteiger partial charge in [-0.2, -0.15) is 0 Å². The van der Waals surface area contributed by atoms with Crippen molar-refractivity contribution in [1.29, 1.82) is 0 Å². The van der Waals surface area contributed by atoms with Gasteiger partial charge in [-0.3, -0.25) is 9.00 Å². The minimum Gasteiger partial charge on any atom is -0.293 e. The summed E-state index contributed by atoms with van der Waals surface area (Å²) < 4.78 is 25.7. The van der Waals surface area contributed by atoms with Crippen LogP contribution in [-0.4, -0.2) is 15.7 Å². The van der Waals surface area contributed by atoms with Gasteiger partial charge in [0.2, 0.25) is 0 Å². The number of carbonyl (C=O) groups is 1. The van der Waals surface area contributed by atoms with Crippen LogP contribution in [-0.2, 0) is 10.8 Å². The van der Waals surface area contributed by atoms with Gasteiger partial charge < -0.3 is 0 Å². The van der Waals surface area contributed by atoms with Crippen LogP contribution in [0.2, 0.25) is 0 Å². The molecule has 2 nitrogen and oxygen atoms in total. The van der Waals surface area contributed by atoms with Gasteiger partial charge in [0.1, 0.15) is 5.82 Å². The first-order valence-electron chi connectivity index (χ1n) is 6.75. The molecule has 1 atom stereocenters. The smallest absolute Gasteiger partial charge is 0.178 e. The SMILES string of the molecule is CC(C)c1ccc(S(=O)CC(=O)c2ccccc2F)cc1. The van der Waals surface area contributed by atoms with Gasteiger partial charge in [-0.25, -0.2) is 4.39 Å². The minimum atomic E-state index is -1.46. The van der Waals surface area contributed by atoms with Crippen molar-refractivity contribution in [2.24, 2.45) is 0 Å². The Hall–Kier alpha value is -1.81. The molecule has 0 saturated carbocycles. The number of carbonyl (C=O) groups excluding carboxylic acids is 1. The molecule has 0 spiro atoms. The van der Waals surface area contributed by atoms with E-state index in [9.17, 15) is 13.4 Å². The first kappa shape index (κ1) is 15.6. The molecule has 0 aliphatic rings. The molecule has 2 rings (SSSR count). The summed E-state index contributed by atoms with van der Waals surface area (Å²) in [7, 11) is -1.46. The molecule has 110 valence electrons. The summed E-state index contributed by atoms with van der Waals surface area (Å²) in [5, 5.41) is 0. The van der Waals surface area contributed by atoms with E-state index < -0.39 is 22.4 Å². The number of ketones is 1. The van der Waals surface area contributed by atoms with Gasteiger partial charge in [0.15, 0.2) is 5.78 Å². The van der Waals surface area contributed by atoms with Crippen molar-refractivity contribution in [1.82, 2.24) is 0 Å². The molecule has 0 heterocycles. The number of rotatable bonds is 5. The Morgan fingerprint density at radius 2 is 1.71 bits per heavy atom. The number of Topliss-reactive ketones (excluding diaryl/α,β-unsaturated/α-hetero) is 1. The van der Waals surface area contributed by atoms with Gasteiger partial charge in [-0.15, -0.1) is 0 Å². The second kappa shape index (κ2) is 6.76. The molecule has 0 fully saturated rings. The summed E-state index contributed by atoms with van der Waals surface area (Å²) in [5.41, 5.74) is 1.14. The lowest BCUT2D eigenvalue weighted by atomic mass is 10.0. The van der Waals surface area contributed by atoms with Crippen molar-refractivity contribution >= 4 is 16.6 Å². The van der Waals surface area contributed by atoms with Gasteiger partial charge in [-0.1, -0.05) is 38.1 Å². The quantitative estimate of drug-likeness (QED) is 0.784. The Morgan fingerprint density at radius 3 is 2.29 bits per heavy atom. The molecule has 2 aromatic rings.